The van der Waals surface area contributed by atoms with Crippen molar-refractivity contribution in [1.82, 2.24) is 24.5 Å². The predicted octanol–water partition coefficient (Wildman–Crippen LogP) is 10.6. The summed E-state index contributed by atoms with van der Waals surface area (Å²) in [5.74, 6) is 3.04. The molecule has 0 saturated heterocycles. The van der Waals surface area contributed by atoms with Crippen LogP contribution >= 0.6 is 0 Å². The molecular formula is C42H35N5. The van der Waals surface area contributed by atoms with Gasteiger partial charge in [-0.25, -0.2) is 19.9 Å². The molecule has 0 spiro atoms. The minimum absolute atomic E-state index is 0.642. The lowest BCUT2D eigenvalue weighted by Crippen LogP contribution is -2.04. The van der Waals surface area contributed by atoms with Crippen LogP contribution in [-0.2, 0) is 6.42 Å². The lowest BCUT2D eigenvalue weighted by atomic mass is 10.00. The number of benzene rings is 6. The molecule has 8 aromatic rings. The molecule has 5 nitrogen and oxygen atoms in total. The van der Waals surface area contributed by atoms with Gasteiger partial charge in [-0.05, 0) is 29.3 Å². The molecule has 0 fully saturated rings. The topological polar surface area (TPSA) is 56.5 Å². The number of hydrogen-bond donors (Lipinski definition) is 0. The first-order chi connectivity index (χ1) is 23.3. The number of aryl methyl sites for hydroxylation is 1. The zero-order valence-corrected chi connectivity index (χ0v) is 26.5. The standard InChI is InChI=1S/C42H35N5/c1-2-3-4-11-27-37-43-38-35-25-14-12-23-33(35)34-24-13-15-26-36(34)39(38)47(37)32-22-16-21-31(28-32)42-45-40(29-17-7-5-8-18-29)44-41(46-42)30-19-9-6-10-20-30/h5-10,12-26,28H,2-4,11,27H2,1H3. The molecule has 0 unspecified atom stereocenters. The zero-order valence-electron chi connectivity index (χ0n) is 26.5. The summed E-state index contributed by atoms with van der Waals surface area (Å²) in [7, 11) is 0. The number of aromatic nitrogens is 5. The fraction of sp³-hybridized carbons (Fsp3) is 0.143. The summed E-state index contributed by atoms with van der Waals surface area (Å²) in [5, 5.41) is 4.86. The second-order valence-corrected chi connectivity index (χ2v) is 12.1. The molecule has 0 aliphatic heterocycles. The SMILES string of the molecule is CCCCCCc1nc2c3ccccc3c3ccccc3c2n1-c1cccc(-c2nc(-c3ccccc3)nc(-c3ccccc3)n2)c1. The van der Waals surface area contributed by atoms with Crippen LogP contribution in [-0.4, -0.2) is 24.5 Å². The van der Waals surface area contributed by atoms with Gasteiger partial charge in [0.2, 0.25) is 0 Å². The second-order valence-electron chi connectivity index (χ2n) is 12.1. The van der Waals surface area contributed by atoms with E-state index in [1.54, 1.807) is 0 Å². The van der Waals surface area contributed by atoms with Gasteiger partial charge in [-0.15, -0.1) is 0 Å². The highest BCUT2D eigenvalue weighted by atomic mass is 15.1. The molecule has 8 rings (SSSR count). The third-order valence-electron chi connectivity index (χ3n) is 8.92. The molecule has 6 aromatic carbocycles. The van der Waals surface area contributed by atoms with Crippen LogP contribution in [0.2, 0.25) is 0 Å². The summed E-state index contributed by atoms with van der Waals surface area (Å²) in [4.78, 5) is 20.3. The molecule has 0 aliphatic rings. The molecule has 228 valence electrons. The highest BCUT2D eigenvalue weighted by Crippen LogP contribution is 2.37. The van der Waals surface area contributed by atoms with E-state index in [9.17, 15) is 0 Å². The molecule has 0 N–H and O–H groups in total. The van der Waals surface area contributed by atoms with E-state index in [4.69, 9.17) is 19.9 Å². The van der Waals surface area contributed by atoms with Gasteiger partial charge in [-0.2, -0.15) is 0 Å². The smallest absolute Gasteiger partial charge is 0.164 e. The molecule has 0 radical (unpaired) electrons. The first kappa shape index (κ1) is 28.8. The van der Waals surface area contributed by atoms with Gasteiger partial charge in [-0.1, -0.05) is 148 Å². The number of rotatable bonds is 9. The van der Waals surface area contributed by atoms with Crippen molar-refractivity contribution < 1.29 is 0 Å². The molecule has 47 heavy (non-hydrogen) atoms. The van der Waals surface area contributed by atoms with Gasteiger partial charge < -0.3 is 0 Å². The van der Waals surface area contributed by atoms with Gasteiger partial charge >= 0.3 is 0 Å². The van der Waals surface area contributed by atoms with E-state index in [1.165, 1.54) is 40.8 Å². The number of nitrogens with zero attached hydrogens (tertiary/aromatic N) is 5. The fourth-order valence-electron chi connectivity index (χ4n) is 6.63. The summed E-state index contributed by atoms with van der Waals surface area (Å²) >= 11 is 0. The summed E-state index contributed by atoms with van der Waals surface area (Å²) in [6.45, 7) is 2.26. The van der Waals surface area contributed by atoms with E-state index in [1.807, 2.05) is 60.7 Å². The van der Waals surface area contributed by atoms with Crippen LogP contribution in [0.5, 0.6) is 0 Å². The van der Waals surface area contributed by atoms with Crippen molar-refractivity contribution in [2.45, 2.75) is 39.0 Å². The third kappa shape index (κ3) is 5.44. The van der Waals surface area contributed by atoms with Crippen molar-refractivity contribution in [3.05, 3.63) is 139 Å². The van der Waals surface area contributed by atoms with E-state index >= 15 is 0 Å². The molecule has 5 heteroatoms. The van der Waals surface area contributed by atoms with Crippen molar-refractivity contribution in [2.24, 2.45) is 0 Å². The minimum Gasteiger partial charge on any atom is -0.296 e. The Labute approximate surface area is 274 Å². The van der Waals surface area contributed by atoms with Gasteiger partial charge in [0.25, 0.3) is 0 Å². The van der Waals surface area contributed by atoms with Crippen LogP contribution in [0.15, 0.2) is 133 Å². The Hall–Kier alpha value is -5.68. The Bertz CT molecular complexity index is 2280. The fourth-order valence-corrected chi connectivity index (χ4v) is 6.63. The number of unbranched alkanes of at least 4 members (excludes halogenated alkanes) is 3. The minimum atomic E-state index is 0.642. The van der Waals surface area contributed by atoms with E-state index in [2.05, 4.69) is 84.3 Å². The maximum Gasteiger partial charge on any atom is 0.164 e. The van der Waals surface area contributed by atoms with Gasteiger partial charge in [0.1, 0.15) is 5.82 Å². The Morgan fingerprint density at radius 3 is 1.64 bits per heavy atom. The molecule has 2 heterocycles. The lowest BCUT2D eigenvalue weighted by Gasteiger charge is -2.14. The first-order valence-electron chi connectivity index (χ1n) is 16.6. The van der Waals surface area contributed by atoms with Crippen LogP contribution in [0, 0.1) is 0 Å². The average molecular weight is 610 g/mol. The Balaban J connectivity index is 1.35. The Kier molecular flexibility index (Phi) is 7.72. The summed E-state index contributed by atoms with van der Waals surface area (Å²) in [6, 6.07) is 46.2. The predicted molar refractivity (Wildman–Crippen MR) is 194 cm³/mol. The molecule has 0 atom stereocenters. The number of fused-ring (bicyclic) bond motifs is 6. The maximum absolute atomic E-state index is 5.40. The van der Waals surface area contributed by atoms with Crippen molar-refractivity contribution in [2.75, 3.05) is 0 Å². The van der Waals surface area contributed by atoms with E-state index in [0.29, 0.717) is 17.5 Å². The van der Waals surface area contributed by atoms with Crippen molar-refractivity contribution in [3.8, 4) is 39.9 Å². The van der Waals surface area contributed by atoms with Gasteiger partial charge in [0.05, 0.1) is 11.0 Å². The first-order valence-corrected chi connectivity index (χ1v) is 16.6. The summed E-state index contributed by atoms with van der Waals surface area (Å²) in [6.07, 6.45) is 5.63. The molecule has 2 aromatic heterocycles. The second kappa shape index (κ2) is 12.6. The van der Waals surface area contributed by atoms with Crippen LogP contribution in [0.4, 0.5) is 0 Å². The normalized spacial score (nSPS) is 11.5. The van der Waals surface area contributed by atoms with Crippen molar-refractivity contribution in [1.29, 1.82) is 0 Å². The monoisotopic (exact) mass is 609 g/mol. The molecule has 0 saturated carbocycles. The van der Waals surface area contributed by atoms with Gasteiger partial charge in [0, 0.05) is 39.6 Å². The molecule has 0 bridgehead atoms. The van der Waals surface area contributed by atoms with Crippen LogP contribution in [0.25, 0.3) is 72.4 Å². The van der Waals surface area contributed by atoms with Crippen LogP contribution in [0.1, 0.15) is 38.4 Å². The zero-order chi connectivity index (χ0) is 31.6. The van der Waals surface area contributed by atoms with Gasteiger partial charge in [0.15, 0.2) is 17.5 Å². The van der Waals surface area contributed by atoms with E-state index in [0.717, 1.165) is 52.1 Å². The Morgan fingerprint density at radius 1 is 0.468 bits per heavy atom. The largest absolute Gasteiger partial charge is 0.296 e. The number of hydrogen-bond acceptors (Lipinski definition) is 4. The highest BCUT2D eigenvalue weighted by Gasteiger charge is 2.20. The molecule has 0 aliphatic carbocycles. The van der Waals surface area contributed by atoms with Crippen LogP contribution < -0.4 is 0 Å². The molecular weight excluding hydrogens is 574 g/mol. The highest BCUT2D eigenvalue weighted by molar-refractivity contribution is 6.23. The van der Waals surface area contributed by atoms with Crippen molar-refractivity contribution >= 4 is 32.6 Å². The van der Waals surface area contributed by atoms with Crippen LogP contribution in [0.3, 0.4) is 0 Å². The summed E-state index contributed by atoms with van der Waals surface area (Å²) < 4.78 is 2.39. The lowest BCUT2D eigenvalue weighted by molar-refractivity contribution is 0.649. The molecule has 0 amide bonds. The maximum atomic E-state index is 5.40. The average Bonchev–Trinajstić information content (AvgIpc) is 3.54. The van der Waals surface area contributed by atoms with Crippen molar-refractivity contribution in [3.63, 3.8) is 0 Å². The third-order valence-corrected chi connectivity index (χ3v) is 8.92. The van der Waals surface area contributed by atoms with E-state index < -0.39 is 0 Å². The quantitative estimate of drug-likeness (QED) is 0.121. The van der Waals surface area contributed by atoms with E-state index in [-0.39, 0.29) is 0 Å². The Morgan fingerprint density at radius 2 is 1.00 bits per heavy atom. The van der Waals surface area contributed by atoms with Gasteiger partial charge in [-0.3, -0.25) is 4.57 Å². The summed E-state index contributed by atoms with van der Waals surface area (Å²) in [5.41, 5.74) is 6.10. The number of imidazole rings is 1.